The van der Waals surface area contributed by atoms with Crippen LogP contribution in [0.5, 0.6) is 0 Å². The number of rotatable bonds is 7. The van der Waals surface area contributed by atoms with Gasteiger partial charge in [0.05, 0.1) is 16.1 Å². The monoisotopic (exact) mass is 242 g/mol. The zero-order valence-electron chi connectivity index (χ0n) is 9.95. The molecule has 1 saturated heterocycles. The van der Waals surface area contributed by atoms with Gasteiger partial charge >= 0.3 is 5.97 Å². The van der Waals surface area contributed by atoms with Gasteiger partial charge in [0.15, 0.2) is 0 Å². The molecule has 3 nitrogen and oxygen atoms in total. The molecular weight excluding hydrogens is 220 g/mol. The number of carbonyl (C=O) groups is 1. The largest absolute Gasteiger partial charge is 0.463 e. The number of hydrogen-bond donors (Lipinski definition) is 0. The van der Waals surface area contributed by atoms with Gasteiger partial charge in [-0.2, -0.15) is 0 Å². The molecule has 16 heavy (non-hydrogen) atoms. The Hall–Kier alpha value is -0.613. The summed E-state index contributed by atoms with van der Waals surface area (Å²) in [6.45, 7) is 4.85. The third kappa shape index (κ3) is 6.08. The third-order valence-corrected chi connectivity index (χ3v) is 5.05. The van der Waals surface area contributed by atoms with E-state index in [1.807, 2.05) is 0 Å². The van der Waals surface area contributed by atoms with E-state index in [1.54, 1.807) is 0 Å². The molecular formula is C12H22O3Si. The van der Waals surface area contributed by atoms with E-state index in [4.69, 9.17) is 9.47 Å². The Bertz CT molecular complexity index is 212. The van der Waals surface area contributed by atoms with Crippen LogP contribution >= 0.6 is 0 Å². The Morgan fingerprint density at radius 1 is 1.50 bits per heavy atom. The fourth-order valence-corrected chi connectivity index (χ4v) is 3.93. The topological polar surface area (TPSA) is 35.5 Å². The quantitative estimate of drug-likeness (QED) is 0.294. The molecule has 1 aliphatic heterocycles. The van der Waals surface area contributed by atoms with Gasteiger partial charge in [-0.1, -0.05) is 19.0 Å². The van der Waals surface area contributed by atoms with Gasteiger partial charge in [0.1, 0.15) is 0 Å². The van der Waals surface area contributed by atoms with Crippen molar-refractivity contribution in [3.8, 4) is 0 Å². The highest BCUT2D eigenvalue weighted by molar-refractivity contribution is 6.37. The number of esters is 1. The highest BCUT2D eigenvalue weighted by Gasteiger charge is 2.13. The van der Waals surface area contributed by atoms with Crippen LogP contribution in [-0.2, 0) is 14.3 Å². The zero-order valence-corrected chi connectivity index (χ0v) is 11.4. The number of ether oxygens (including phenoxy) is 2. The molecule has 0 aromatic heterocycles. The first-order valence-electron chi connectivity index (χ1n) is 6.23. The minimum absolute atomic E-state index is 0.0699. The molecule has 0 aromatic rings. The van der Waals surface area contributed by atoms with Gasteiger partial charge in [0, 0.05) is 18.4 Å². The van der Waals surface area contributed by atoms with Crippen LogP contribution in [0.1, 0.15) is 32.1 Å². The molecule has 1 rings (SSSR count). The Balaban J connectivity index is 1.87. The average molecular weight is 242 g/mol. The Labute approximate surface area is 100 Å². The molecule has 0 aliphatic carbocycles. The van der Waals surface area contributed by atoms with Crippen LogP contribution in [0, 0.1) is 0 Å². The fourth-order valence-electron chi connectivity index (χ4n) is 1.92. The third-order valence-electron chi connectivity index (χ3n) is 2.86. The lowest BCUT2D eigenvalue weighted by Crippen LogP contribution is -2.25. The number of hydrogen-bond acceptors (Lipinski definition) is 3. The molecule has 0 amide bonds. The Kier molecular flexibility index (Phi) is 7.17. The average Bonchev–Trinajstić information content (AvgIpc) is 2.34. The van der Waals surface area contributed by atoms with Crippen molar-refractivity contribution in [2.24, 2.45) is 0 Å². The SMILES string of the molecule is C=CC(=O)OCCCC[SiH2]C1CCCCO1. The smallest absolute Gasteiger partial charge is 0.330 e. The molecule has 0 saturated carbocycles. The molecule has 0 radical (unpaired) electrons. The fraction of sp³-hybridized carbons (Fsp3) is 0.750. The summed E-state index contributed by atoms with van der Waals surface area (Å²) in [7, 11) is -0.0699. The first-order chi connectivity index (χ1) is 7.83. The minimum atomic E-state index is -0.312. The summed E-state index contributed by atoms with van der Waals surface area (Å²) in [5.74, 6) is -0.312. The number of carbonyl (C=O) groups excluding carboxylic acids is 1. The second-order valence-corrected chi connectivity index (χ2v) is 6.40. The van der Waals surface area contributed by atoms with Gasteiger partial charge in [-0.25, -0.2) is 4.79 Å². The summed E-state index contributed by atoms with van der Waals surface area (Å²) in [5, 5.41) is 0. The molecule has 1 fully saturated rings. The standard InChI is InChI=1S/C12H22O3Si/c1-2-11(13)14-8-5-6-10-16-12-7-3-4-9-15-12/h2,12H,1,3-10,16H2. The van der Waals surface area contributed by atoms with Crippen LogP contribution < -0.4 is 0 Å². The first kappa shape index (κ1) is 13.5. The normalized spacial score (nSPS) is 21.1. The molecule has 4 heteroatoms. The van der Waals surface area contributed by atoms with Crippen molar-refractivity contribution in [3.63, 3.8) is 0 Å². The van der Waals surface area contributed by atoms with Crippen LogP contribution in [0.3, 0.4) is 0 Å². The molecule has 0 N–H and O–H groups in total. The summed E-state index contributed by atoms with van der Waals surface area (Å²) in [4.78, 5) is 10.7. The maximum atomic E-state index is 10.7. The highest BCUT2D eigenvalue weighted by Crippen LogP contribution is 2.13. The van der Waals surface area contributed by atoms with Gasteiger partial charge in [-0.3, -0.25) is 0 Å². The zero-order chi connectivity index (χ0) is 11.6. The van der Waals surface area contributed by atoms with Crippen molar-refractivity contribution in [1.82, 2.24) is 0 Å². The molecule has 0 bridgehead atoms. The van der Waals surface area contributed by atoms with Gasteiger partial charge in [-0.15, -0.1) is 0 Å². The molecule has 1 aliphatic rings. The van der Waals surface area contributed by atoms with Gasteiger partial charge < -0.3 is 9.47 Å². The van der Waals surface area contributed by atoms with Crippen molar-refractivity contribution in [2.75, 3.05) is 13.2 Å². The van der Waals surface area contributed by atoms with E-state index in [0.717, 1.165) is 19.4 Å². The lowest BCUT2D eigenvalue weighted by molar-refractivity contribution is -0.137. The molecule has 0 aromatic carbocycles. The van der Waals surface area contributed by atoms with Crippen molar-refractivity contribution in [3.05, 3.63) is 12.7 Å². The second-order valence-electron chi connectivity index (χ2n) is 4.21. The second kappa shape index (κ2) is 8.53. The highest BCUT2D eigenvalue weighted by atomic mass is 28.2. The van der Waals surface area contributed by atoms with E-state index >= 15 is 0 Å². The summed E-state index contributed by atoms with van der Waals surface area (Å²) < 4.78 is 10.6. The summed E-state index contributed by atoms with van der Waals surface area (Å²) in [6, 6.07) is 1.30. The van der Waals surface area contributed by atoms with Crippen LogP contribution in [0.4, 0.5) is 0 Å². The van der Waals surface area contributed by atoms with Gasteiger partial charge in [0.25, 0.3) is 0 Å². The van der Waals surface area contributed by atoms with Gasteiger partial charge in [0.2, 0.25) is 0 Å². The molecule has 1 atom stereocenters. The van der Waals surface area contributed by atoms with E-state index in [-0.39, 0.29) is 15.5 Å². The predicted molar refractivity (Wildman–Crippen MR) is 67.3 cm³/mol. The van der Waals surface area contributed by atoms with Crippen molar-refractivity contribution in [2.45, 2.75) is 43.9 Å². The minimum Gasteiger partial charge on any atom is -0.463 e. The van der Waals surface area contributed by atoms with E-state index in [9.17, 15) is 4.79 Å². The Morgan fingerprint density at radius 2 is 2.38 bits per heavy atom. The van der Waals surface area contributed by atoms with Crippen LogP contribution in [-0.4, -0.2) is 34.4 Å². The van der Waals surface area contributed by atoms with E-state index in [2.05, 4.69) is 6.58 Å². The predicted octanol–water partition coefficient (Wildman–Crippen LogP) is 1.61. The number of unbranched alkanes of at least 4 members (excludes halogenated alkanes) is 1. The maximum Gasteiger partial charge on any atom is 0.330 e. The molecule has 1 heterocycles. The summed E-state index contributed by atoms with van der Waals surface area (Å²) >= 11 is 0. The van der Waals surface area contributed by atoms with Crippen molar-refractivity contribution < 1.29 is 14.3 Å². The van der Waals surface area contributed by atoms with Gasteiger partial charge in [-0.05, 0) is 25.7 Å². The van der Waals surface area contributed by atoms with Crippen LogP contribution in [0.2, 0.25) is 6.04 Å². The van der Waals surface area contributed by atoms with Crippen molar-refractivity contribution in [1.29, 1.82) is 0 Å². The summed E-state index contributed by atoms with van der Waals surface area (Å²) in [6.07, 6.45) is 7.20. The van der Waals surface area contributed by atoms with E-state index < -0.39 is 0 Å². The lowest BCUT2D eigenvalue weighted by atomic mass is 10.2. The van der Waals surface area contributed by atoms with Crippen molar-refractivity contribution >= 4 is 15.5 Å². The van der Waals surface area contributed by atoms with E-state index in [1.165, 1.54) is 31.4 Å². The molecule has 92 valence electrons. The Morgan fingerprint density at radius 3 is 3.06 bits per heavy atom. The maximum absolute atomic E-state index is 10.7. The molecule has 1 unspecified atom stereocenters. The van der Waals surface area contributed by atoms with Crippen LogP contribution in [0.15, 0.2) is 12.7 Å². The molecule has 0 spiro atoms. The first-order valence-corrected chi connectivity index (χ1v) is 8.05. The summed E-state index contributed by atoms with van der Waals surface area (Å²) in [5.41, 5.74) is 0.615. The van der Waals surface area contributed by atoms with E-state index in [0.29, 0.717) is 12.3 Å². The van der Waals surface area contributed by atoms with Crippen LogP contribution in [0.25, 0.3) is 0 Å². The lowest BCUT2D eigenvalue weighted by Gasteiger charge is -2.22.